The molecule has 0 N–H and O–H groups in total. The molecule has 0 fully saturated rings. The van der Waals surface area contributed by atoms with Crippen molar-refractivity contribution in [2.75, 3.05) is 0 Å². The van der Waals surface area contributed by atoms with E-state index in [1.54, 1.807) is 18.2 Å². The third-order valence-corrected chi connectivity index (χ3v) is 6.72. The molecule has 4 aromatic rings. The molecule has 42 heavy (non-hydrogen) atoms. The summed E-state index contributed by atoms with van der Waals surface area (Å²) in [6, 6.07) is 26.3. The van der Waals surface area contributed by atoms with Crippen LogP contribution >= 0.6 is 0 Å². The quantitative estimate of drug-likeness (QED) is 0.167. The number of hydrogen-bond acceptors (Lipinski definition) is 4. The topological polar surface area (TPSA) is 63.5 Å². The Morgan fingerprint density at radius 3 is 2.19 bits per heavy atom. The standard InChI is InChI=1S/C32H31F4NO4.Na/c1-22-10-14-26(15-11-25-8-5-9-28(20-25)41-32(35,36)31(33)34)37(22)19-18-23-12-16-27(17-13-23)40-29(30(38)39)21-24-6-3-2-4-7-24;/h2-10,12-14,16-17,20,29,31H,11,15,18-19,21H2,1H3,(H,38,39);/q;+1/p-1/t29-;/m1./s1. The van der Waals surface area contributed by atoms with E-state index in [2.05, 4.69) is 9.30 Å². The Bertz CT molecular complexity index is 1430. The fourth-order valence-electron chi connectivity index (χ4n) is 4.54. The first-order valence-corrected chi connectivity index (χ1v) is 13.2. The Morgan fingerprint density at radius 1 is 0.833 bits per heavy atom. The first-order chi connectivity index (χ1) is 19.6. The van der Waals surface area contributed by atoms with Gasteiger partial charge in [-0.05, 0) is 79.3 Å². The van der Waals surface area contributed by atoms with Gasteiger partial charge in [0.05, 0.1) is 5.97 Å². The molecule has 0 aliphatic heterocycles. The fraction of sp³-hybridized carbons (Fsp3) is 0.281. The van der Waals surface area contributed by atoms with E-state index in [1.807, 2.05) is 61.5 Å². The minimum absolute atomic E-state index is 0. The van der Waals surface area contributed by atoms with Gasteiger partial charge < -0.3 is 23.9 Å². The number of nitrogens with zero attached hydrogens (tertiary/aromatic N) is 1. The van der Waals surface area contributed by atoms with E-state index in [1.165, 1.54) is 18.2 Å². The molecular weight excluding hydrogens is 561 g/mol. The zero-order valence-corrected chi connectivity index (χ0v) is 25.4. The van der Waals surface area contributed by atoms with Gasteiger partial charge in [-0.15, -0.1) is 0 Å². The van der Waals surface area contributed by atoms with Crippen molar-refractivity contribution >= 4 is 5.97 Å². The average molecular weight is 592 g/mol. The van der Waals surface area contributed by atoms with Crippen LogP contribution in [0.3, 0.4) is 0 Å². The number of ether oxygens (including phenoxy) is 2. The molecular formula is C32H30F4NNaO4. The number of aromatic nitrogens is 1. The number of alkyl halides is 4. The molecule has 0 aliphatic rings. The van der Waals surface area contributed by atoms with Crippen LogP contribution in [0.4, 0.5) is 17.6 Å². The third-order valence-electron chi connectivity index (χ3n) is 6.72. The molecule has 0 saturated carbocycles. The summed E-state index contributed by atoms with van der Waals surface area (Å²) in [6.07, 6.45) is -7.55. The van der Waals surface area contributed by atoms with Crippen LogP contribution in [-0.4, -0.2) is 29.2 Å². The molecule has 0 saturated heterocycles. The molecule has 4 rings (SSSR count). The zero-order chi connectivity index (χ0) is 29.4. The van der Waals surface area contributed by atoms with E-state index < -0.39 is 24.6 Å². The molecule has 216 valence electrons. The summed E-state index contributed by atoms with van der Waals surface area (Å²) in [4.78, 5) is 11.6. The number of carbonyl (C=O) groups excluding carboxylic acids is 1. The van der Waals surface area contributed by atoms with Crippen LogP contribution in [0.15, 0.2) is 91.0 Å². The van der Waals surface area contributed by atoms with Crippen LogP contribution in [-0.2, 0) is 37.0 Å². The van der Waals surface area contributed by atoms with Gasteiger partial charge in [-0.3, -0.25) is 0 Å². The Balaban J connectivity index is 0.00000484. The molecule has 1 aromatic heterocycles. The Kier molecular flexibility index (Phi) is 12.1. The van der Waals surface area contributed by atoms with Crippen LogP contribution in [0, 0.1) is 6.92 Å². The number of aliphatic carboxylic acids is 1. The fourth-order valence-corrected chi connectivity index (χ4v) is 4.54. The van der Waals surface area contributed by atoms with Gasteiger partial charge in [0.1, 0.15) is 17.6 Å². The number of carboxylic acids is 1. The van der Waals surface area contributed by atoms with Crippen molar-refractivity contribution in [2.45, 2.75) is 57.8 Å². The predicted molar refractivity (Wildman–Crippen MR) is 144 cm³/mol. The number of benzene rings is 3. The average Bonchev–Trinajstić information content (AvgIpc) is 3.30. The molecule has 3 aromatic carbocycles. The van der Waals surface area contributed by atoms with Gasteiger partial charge in [-0.25, -0.2) is 0 Å². The second-order valence-corrected chi connectivity index (χ2v) is 9.74. The van der Waals surface area contributed by atoms with Crippen LogP contribution in [0.1, 0.15) is 28.1 Å². The summed E-state index contributed by atoms with van der Waals surface area (Å²) in [5.74, 6) is -1.15. The summed E-state index contributed by atoms with van der Waals surface area (Å²) >= 11 is 0. The Morgan fingerprint density at radius 2 is 1.52 bits per heavy atom. The van der Waals surface area contributed by atoms with Crippen molar-refractivity contribution in [1.82, 2.24) is 4.57 Å². The summed E-state index contributed by atoms with van der Waals surface area (Å²) in [7, 11) is 0. The smallest absolute Gasteiger partial charge is 0.546 e. The van der Waals surface area contributed by atoms with Crippen molar-refractivity contribution in [3.05, 3.63) is 119 Å². The monoisotopic (exact) mass is 591 g/mol. The second kappa shape index (κ2) is 15.3. The maximum atomic E-state index is 13.3. The summed E-state index contributed by atoms with van der Waals surface area (Å²) < 4.78 is 63.6. The van der Waals surface area contributed by atoms with Gasteiger partial charge in [-0.2, -0.15) is 17.6 Å². The van der Waals surface area contributed by atoms with E-state index in [-0.39, 0.29) is 41.7 Å². The van der Waals surface area contributed by atoms with E-state index in [9.17, 15) is 27.5 Å². The van der Waals surface area contributed by atoms with Crippen LogP contribution < -0.4 is 44.1 Å². The first-order valence-electron chi connectivity index (χ1n) is 13.2. The van der Waals surface area contributed by atoms with Crippen molar-refractivity contribution in [2.24, 2.45) is 0 Å². The maximum absolute atomic E-state index is 13.3. The van der Waals surface area contributed by atoms with E-state index >= 15 is 0 Å². The van der Waals surface area contributed by atoms with Crippen LogP contribution in [0.25, 0.3) is 0 Å². The van der Waals surface area contributed by atoms with E-state index in [4.69, 9.17) is 4.74 Å². The van der Waals surface area contributed by atoms with Crippen molar-refractivity contribution in [3.8, 4) is 11.5 Å². The van der Waals surface area contributed by atoms with Gasteiger partial charge in [-0.1, -0.05) is 54.6 Å². The molecule has 1 heterocycles. The van der Waals surface area contributed by atoms with Crippen LogP contribution in [0.5, 0.6) is 11.5 Å². The van der Waals surface area contributed by atoms with Crippen LogP contribution in [0.2, 0.25) is 0 Å². The molecule has 1 atom stereocenters. The van der Waals surface area contributed by atoms with Crippen molar-refractivity contribution in [3.63, 3.8) is 0 Å². The SMILES string of the molecule is Cc1ccc(CCc2cccc(OC(F)(F)C(F)F)c2)n1CCc1ccc(O[C@H](Cc2ccccc2)C(=O)[O-])cc1.[Na+]. The minimum Gasteiger partial charge on any atom is -0.546 e. The Hall–Kier alpha value is -3.27. The minimum atomic E-state index is -4.55. The largest absolute Gasteiger partial charge is 1.00 e. The summed E-state index contributed by atoms with van der Waals surface area (Å²) in [5.41, 5.74) is 4.67. The van der Waals surface area contributed by atoms with Crippen molar-refractivity contribution < 1.29 is 66.5 Å². The summed E-state index contributed by atoms with van der Waals surface area (Å²) in [6.45, 7) is 2.68. The number of rotatable bonds is 14. The normalized spacial score (nSPS) is 12.0. The number of carbonyl (C=O) groups is 1. The zero-order valence-electron chi connectivity index (χ0n) is 23.4. The Labute approximate surface area is 264 Å². The van der Waals surface area contributed by atoms with E-state index in [0.717, 1.165) is 22.5 Å². The predicted octanol–water partition coefficient (Wildman–Crippen LogP) is 2.81. The maximum Gasteiger partial charge on any atom is 1.00 e. The first kappa shape index (κ1) is 33.2. The molecule has 0 spiro atoms. The van der Waals surface area contributed by atoms with Gasteiger partial charge in [0, 0.05) is 24.4 Å². The van der Waals surface area contributed by atoms with Gasteiger partial charge >= 0.3 is 42.1 Å². The number of halogens is 4. The second-order valence-electron chi connectivity index (χ2n) is 9.74. The van der Waals surface area contributed by atoms with E-state index in [0.29, 0.717) is 37.1 Å². The molecule has 0 bridgehead atoms. The van der Waals surface area contributed by atoms with Gasteiger partial charge in [0.15, 0.2) is 0 Å². The van der Waals surface area contributed by atoms with Gasteiger partial charge in [0.25, 0.3) is 0 Å². The molecule has 0 amide bonds. The molecule has 0 aliphatic carbocycles. The molecule has 5 nitrogen and oxygen atoms in total. The summed E-state index contributed by atoms with van der Waals surface area (Å²) in [5, 5.41) is 11.6. The molecule has 10 heteroatoms. The number of hydrogen-bond donors (Lipinski definition) is 0. The molecule has 0 unspecified atom stereocenters. The third kappa shape index (κ3) is 9.37. The number of carboxylic acid groups (broad SMARTS) is 1. The molecule has 0 radical (unpaired) electrons. The van der Waals surface area contributed by atoms with Gasteiger partial charge in [0.2, 0.25) is 0 Å². The number of aryl methyl sites for hydroxylation is 4. The van der Waals surface area contributed by atoms with Crippen molar-refractivity contribution in [1.29, 1.82) is 0 Å².